The molecule has 1 rings (SSSR count). The van der Waals surface area contributed by atoms with Gasteiger partial charge in [0, 0.05) is 20.7 Å². The zero-order valence-corrected chi connectivity index (χ0v) is 10.1. The van der Waals surface area contributed by atoms with E-state index in [9.17, 15) is 13.2 Å². The van der Waals surface area contributed by atoms with Gasteiger partial charge in [-0.15, -0.1) is 0 Å². The van der Waals surface area contributed by atoms with Crippen LogP contribution in [0.2, 0.25) is 5.15 Å². The molecular formula is C10H12ClF3N2O. The van der Waals surface area contributed by atoms with Crippen LogP contribution in [0.5, 0.6) is 0 Å². The molecule has 0 atom stereocenters. The summed E-state index contributed by atoms with van der Waals surface area (Å²) >= 11 is 5.57. The van der Waals surface area contributed by atoms with Crippen LogP contribution in [0.25, 0.3) is 0 Å². The number of hydrogen-bond donors (Lipinski definition) is 0. The van der Waals surface area contributed by atoms with Crippen LogP contribution in [0.15, 0.2) is 12.1 Å². The summed E-state index contributed by atoms with van der Waals surface area (Å²) in [4.78, 5) is 5.38. The van der Waals surface area contributed by atoms with Crippen molar-refractivity contribution in [1.82, 2.24) is 4.98 Å². The molecule has 3 nitrogen and oxygen atoms in total. The number of halogens is 4. The molecule has 0 aromatic carbocycles. The lowest BCUT2D eigenvalue weighted by Gasteiger charge is -2.19. The van der Waals surface area contributed by atoms with Crippen molar-refractivity contribution in [3.8, 4) is 0 Å². The number of likely N-dealkylation sites (N-methyl/N-ethyl adjacent to an activating group) is 1. The van der Waals surface area contributed by atoms with E-state index in [4.69, 9.17) is 16.3 Å². The van der Waals surface area contributed by atoms with Gasteiger partial charge in [0.2, 0.25) is 0 Å². The average molecular weight is 269 g/mol. The molecule has 0 N–H and O–H groups in total. The number of methoxy groups -OCH3 is 1. The van der Waals surface area contributed by atoms with E-state index in [2.05, 4.69) is 4.98 Å². The molecule has 0 saturated carbocycles. The maximum absolute atomic E-state index is 12.5. The van der Waals surface area contributed by atoms with E-state index in [-0.39, 0.29) is 11.0 Å². The summed E-state index contributed by atoms with van der Waals surface area (Å²) in [5.74, 6) is 0.168. The van der Waals surface area contributed by atoms with Crippen molar-refractivity contribution in [2.45, 2.75) is 6.18 Å². The highest BCUT2D eigenvalue weighted by molar-refractivity contribution is 6.29. The number of ether oxygens (including phenoxy) is 1. The third-order valence-electron chi connectivity index (χ3n) is 2.13. The highest BCUT2D eigenvalue weighted by Gasteiger charge is 2.31. The van der Waals surface area contributed by atoms with Crippen molar-refractivity contribution >= 4 is 17.4 Å². The lowest BCUT2D eigenvalue weighted by atomic mass is 10.2. The quantitative estimate of drug-likeness (QED) is 0.785. The maximum Gasteiger partial charge on any atom is 0.416 e. The monoisotopic (exact) mass is 268 g/mol. The van der Waals surface area contributed by atoms with Crippen LogP contribution in [0, 0.1) is 0 Å². The number of nitrogens with zero attached hydrogens (tertiary/aromatic N) is 2. The molecule has 0 radical (unpaired) electrons. The molecule has 96 valence electrons. The molecule has 0 aliphatic heterocycles. The van der Waals surface area contributed by atoms with Gasteiger partial charge < -0.3 is 9.64 Å². The molecule has 1 aromatic heterocycles. The minimum Gasteiger partial charge on any atom is -0.383 e. The predicted octanol–water partition coefficient (Wildman–Crippen LogP) is 2.84. The summed E-state index contributed by atoms with van der Waals surface area (Å²) in [7, 11) is 3.14. The number of pyridine rings is 1. The van der Waals surface area contributed by atoms with Crippen LogP contribution >= 0.6 is 11.6 Å². The van der Waals surface area contributed by atoms with Gasteiger partial charge in [-0.3, -0.25) is 0 Å². The fourth-order valence-electron chi connectivity index (χ4n) is 1.19. The van der Waals surface area contributed by atoms with Crippen LogP contribution < -0.4 is 4.90 Å². The summed E-state index contributed by atoms with van der Waals surface area (Å²) in [5, 5.41) is -0.181. The average Bonchev–Trinajstić information content (AvgIpc) is 2.23. The fourth-order valence-corrected chi connectivity index (χ4v) is 1.39. The third kappa shape index (κ3) is 4.05. The van der Waals surface area contributed by atoms with Crippen molar-refractivity contribution < 1.29 is 17.9 Å². The molecule has 7 heteroatoms. The van der Waals surface area contributed by atoms with Crippen LogP contribution in [-0.4, -0.2) is 32.3 Å². The van der Waals surface area contributed by atoms with Gasteiger partial charge in [0.1, 0.15) is 11.0 Å². The Morgan fingerprint density at radius 1 is 1.41 bits per heavy atom. The first-order valence-corrected chi connectivity index (χ1v) is 5.17. The molecule has 0 unspecified atom stereocenters. The minimum atomic E-state index is -4.43. The number of alkyl halides is 3. The Hall–Kier alpha value is -1.01. The lowest BCUT2D eigenvalue weighted by molar-refractivity contribution is -0.137. The lowest BCUT2D eigenvalue weighted by Crippen LogP contribution is -2.23. The van der Waals surface area contributed by atoms with E-state index in [1.807, 2.05) is 0 Å². The van der Waals surface area contributed by atoms with Crippen LogP contribution in [-0.2, 0) is 10.9 Å². The van der Waals surface area contributed by atoms with Crippen molar-refractivity contribution in [2.75, 3.05) is 32.2 Å². The highest BCUT2D eigenvalue weighted by Crippen LogP contribution is 2.32. The van der Waals surface area contributed by atoms with E-state index in [0.29, 0.717) is 13.2 Å². The standard InChI is InChI=1S/C10H12ClF3N2O/c1-16(3-4-17-2)9-6-7(10(12,13)14)5-8(11)15-9/h5-6H,3-4H2,1-2H3. The van der Waals surface area contributed by atoms with E-state index >= 15 is 0 Å². The first kappa shape index (κ1) is 14.1. The van der Waals surface area contributed by atoms with Crippen LogP contribution in [0.4, 0.5) is 19.0 Å². The Balaban J connectivity index is 2.97. The second-order valence-electron chi connectivity index (χ2n) is 3.45. The first-order chi connectivity index (χ1) is 7.84. The van der Waals surface area contributed by atoms with Crippen molar-refractivity contribution in [2.24, 2.45) is 0 Å². The van der Waals surface area contributed by atoms with Gasteiger partial charge in [0.05, 0.1) is 12.2 Å². The van der Waals surface area contributed by atoms with Crippen molar-refractivity contribution in [1.29, 1.82) is 0 Å². The molecule has 17 heavy (non-hydrogen) atoms. The molecule has 0 amide bonds. The summed E-state index contributed by atoms with van der Waals surface area (Å²) in [6, 6.07) is 1.76. The first-order valence-electron chi connectivity index (χ1n) is 4.79. The van der Waals surface area contributed by atoms with Gasteiger partial charge in [-0.05, 0) is 12.1 Å². The molecule has 1 heterocycles. The Morgan fingerprint density at radius 2 is 2.06 bits per heavy atom. The Bertz CT molecular complexity index is 384. The fraction of sp³-hybridized carbons (Fsp3) is 0.500. The van der Waals surface area contributed by atoms with Gasteiger partial charge in [-0.25, -0.2) is 4.98 Å². The van der Waals surface area contributed by atoms with Crippen LogP contribution in [0.1, 0.15) is 5.56 Å². The van der Waals surface area contributed by atoms with E-state index in [1.54, 1.807) is 11.9 Å². The normalized spacial score (nSPS) is 11.6. The Morgan fingerprint density at radius 3 is 2.59 bits per heavy atom. The molecule has 0 aliphatic carbocycles. The zero-order chi connectivity index (χ0) is 13.1. The molecular weight excluding hydrogens is 257 g/mol. The molecule has 0 bridgehead atoms. The second kappa shape index (κ2) is 5.55. The number of anilines is 1. The highest BCUT2D eigenvalue weighted by atomic mass is 35.5. The predicted molar refractivity (Wildman–Crippen MR) is 59.4 cm³/mol. The van der Waals surface area contributed by atoms with Gasteiger partial charge in [0.15, 0.2) is 0 Å². The second-order valence-corrected chi connectivity index (χ2v) is 3.84. The minimum absolute atomic E-state index is 0.168. The molecule has 0 fully saturated rings. The van der Waals surface area contributed by atoms with Crippen LogP contribution in [0.3, 0.4) is 0 Å². The van der Waals surface area contributed by atoms with Gasteiger partial charge in [-0.1, -0.05) is 11.6 Å². The topological polar surface area (TPSA) is 25.4 Å². The van der Waals surface area contributed by atoms with Gasteiger partial charge >= 0.3 is 6.18 Å². The molecule has 0 aliphatic rings. The SMILES string of the molecule is COCCN(C)c1cc(C(F)(F)F)cc(Cl)n1. The summed E-state index contributed by atoms with van der Waals surface area (Å²) in [6.07, 6.45) is -4.43. The Labute approximate surface area is 102 Å². The van der Waals surface area contributed by atoms with E-state index < -0.39 is 11.7 Å². The zero-order valence-electron chi connectivity index (χ0n) is 9.38. The molecule has 0 saturated heterocycles. The van der Waals surface area contributed by atoms with E-state index in [0.717, 1.165) is 12.1 Å². The van der Waals surface area contributed by atoms with E-state index in [1.165, 1.54) is 7.11 Å². The smallest absolute Gasteiger partial charge is 0.383 e. The number of rotatable bonds is 4. The third-order valence-corrected chi connectivity index (χ3v) is 2.32. The summed E-state index contributed by atoms with van der Waals surface area (Å²) in [5.41, 5.74) is -0.809. The maximum atomic E-state index is 12.5. The van der Waals surface area contributed by atoms with Crippen molar-refractivity contribution in [3.05, 3.63) is 22.8 Å². The number of aromatic nitrogens is 1. The summed E-state index contributed by atoms with van der Waals surface area (Å²) in [6.45, 7) is 0.827. The number of hydrogen-bond acceptors (Lipinski definition) is 3. The summed E-state index contributed by atoms with van der Waals surface area (Å²) < 4.78 is 42.4. The van der Waals surface area contributed by atoms with Crippen molar-refractivity contribution in [3.63, 3.8) is 0 Å². The Kier molecular flexibility index (Phi) is 4.59. The van der Waals surface area contributed by atoms with Gasteiger partial charge in [0.25, 0.3) is 0 Å². The van der Waals surface area contributed by atoms with Gasteiger partial charge in [-0.2, -0.15) is 13.2 Å². The molecule has 0 spiro atoms. The largest absolute Gasteiger partial charge is 0.416 e. The molecule has 1 aromatic rings.